The monoisotopic (exact) mass is 259 g/mol. The molecule has 1 atom stereocenters. The number of carbonyl (C=O) groups excluding carboxylic acids is 1. The number of amides is 1. The van der Waals surface area contributed by atoms with E-state index in [0.29, 0.717) is 0 Å². The van der Waals surface area contributed by atoms with E-state index in [9.17, 15) is 4.79 Å². The van der Waals surface area contributed by atoms with Crippen LogP contribution in [0, 0.1) is 13.8 Å². The van der Waals surface area contributed by atoms with Gasteiger partial charge >= 0.3 is 0 Å². The normalized spacial score (nSPS) is 17.4. The van der Waals surface area contributed by atoms with Crippen molar-refractivity contribution in [2.24, 2.45) is 0 Å². The van der Waals surface area contributed by atoms with Crippen LogP contribution in [0.4, 0.5) is 5.69 Å². The number of benzene rings is 1. The molecule has 1 heterocycles. The van der Waals surface area contributed by atoms with Crippen molar-refractivity contribution < 1.29 is 4.79 Å². The lowest BCUT2D eigenvalue weighted by Gasteiger charge is -2.10. The van der Waals surface area contributed by atoms with Gasteiger partial charge in [0.25, 0.3) is 0 Å². The van der Waals surface area contributed by atoms with E-state index in [2.05, 4.69) is 38.2 Å². The number of rotatable bonds is 6. The third-order valence-electron chi connectivity index (χ3n) is 4.05. The van der Waals surface area contributed by atoms with Gasteiger partial charge in [0, 0.05) is 5.69 Å². The van der Waals surface area contributed by atoms with Crippen LogP contribution in [0.1, 0.15) is 68.1 Å². The molecule has 1 aromatic carbocycles. The van der Waals surface area contributed by atoms with Crippen LogP contribution in [0.25, 0.3) is 0 Å². The highest BCUT2D eigenvalue weighted by molar-refractivity contribution is 6.03. The second kappa shape index (κ2) is 6.23. The van der Waals surface area contributed by atoms with E-state index in [4.69, 9.17) is 0 Å². The summed E-state index contributed by atoms with van der Waals surface area (Å²) in [5.41, 5.74) is 4.73. The van der Waals surface area contributed by atoms with Gasteiger partial charge in [0.1, 0.15) is 0 Å². The van der Waals surface area contributed by atoms with Crippen molar-refractivity contribution in [3.05, 3.63) is 28.8 Å². The lowest BCUT2D eigenvalue weighted by molar-refractivity contribution is -0.117. The Hall–Kier alpha value is -1.31. The van der Waals surface area contributed by atoms with Crippen LogP contribution in [-0.2, 0) is 4.79 Å². The summed E-state index contributed by atoms with van der Waals surface area (Å²) in [6.45, 7) is 6.41. The van der Waals surface area contributed by atoms with Gasteiger partial charge in [0.05, 0.1) is 5.92 Å². The first-order chi connectivity index (χ1) is 9.13. The maximum atomic E-state index is 12.1. The SMILES string of the molecule is CCCCCCCC1C(=O)Nc2c(C)cc(C)cc21. The minimum absolute atomic E-state index is 0.0789. The van der Waals surface area contributed by atoms with E-state index in [1.165, 1.54) is 42.4 Å². The zero-order chi connectivity index (χ0) is 13.8. The molecule has 0 fully saturated rings. The van der Waals surface area contributed by atoms with E-state index in [0.717, 1.165) is 18.5 Å². The Kier molecular flexibility index (Phi) is 4.62. The molecule has 1 N–H and O–H groups in total. The average molecular weight is 259 g/mol. The van der Waals surface area contributed by atoms with Gasteiger partial charge in [-0.25, -0.2) is 0 Å². The quantitative estimate of drug-likeness (QED) is 0.737. The Bertz CT molecular complexity index is 465. The first-order valence-corrected chi connectivity index (χ1v) is 7.55. The van der Waals surface area contributed by atoms with E-state index in [1.807, 2.05) is 0 Å². The third kappa shape index (κ3) is 3.17. The number of hydrogen-bond donors (Lipinski definition) is 1. The molecule has 2 nitrogen and oxygen atoms in total. The van der Waals surface area contributed by atoms with Crippen LogP contribution >= 0.6 is 0 Å². The van der Waals surface area contributed by atoms with E-state index in [1.54, 1.807) is 0 Å². The number of hydrogen-bond acceptors (Lipinski definition) is 1. The number of carbonyl (C=O) groups is 1. The van der Waals surface area contributed by atoms with Crippen molar-refractivity contribution in [1.29, 1.82) is 0 Å². The summed E-state index contributed by atoms with van der Waals surface area (Å²) in [7, 11) is 0. The van der Waals surface area contributed by atoms with Gasteiger partial charge in [-0.05, 0) is 31.4 Å². The highest BCUT2D eigenvalue weighted by atomic mass is 16.2. The van der Waals surface area contributed by atoms with Crippen molar-refractivity contribution in [2.75, 3.05) is 5.32 Å². The van der Waals surface area contributed by atoms with Gasteiger partial charge in [-0.3, -0.25) is 4.79 Å². The van der Waals surface area contributed by atoms with Gasteiger partial charge in [0.15, 0.2) is 0 Å². The molecule has 0 saturated heterocycles. The van der Waals surface area contributed by atoms with Crippen LogP contribution in [0.5, 0.6) is 0 Å². The number of aryl methyl sites for hydroxylation is 2. The molecule has 104 valence electrons. The molecule has 1 amide bonds. The van der Waals surface area contributed by atoms with Crippen LogP contribution in [0.3, 0.4) is 0 Å². The fourth-order valence-corrected chi connectivity index (χ4v) is 3.04. The summed E-state index contributed by atoms with van der Waals surface area (Å²) in [6, 6.07) is 4.32. The Morgan fingerprint density at radius 3 is 2.58 bits per heavy atom. The van der Waals surface area contributed by atoms with Crippen LogP contribution in [-0.4, -0.2) is 5.91 Å². The molecule has 19 heavy (non-hydrogen) atoms. The van der Waals surface area contributed by atoms with E-state index in [-0.39, 0.29) is 11.8 Å². The summed E-state index contributed by atoms with van der Waals surface area (Å²) in [4.78, 5) is 12.1. The molecule has 0 saturated carbocycles. The number of fused-ring (bicyclic) bond motifs is 1. The highest BCUT2D eigenvalue weighted by Crippen LogP contribution is 2.38. The third-order valence-corrected chi connectivity index (χ3v) is 4.05. The molecular formula is C17H25NO. The fourth-order valence-electron chi connectivity index (χ4n) is 3.04. The number of anilines is 1. The average Bonchev–Trinajstić information content (AvgIpc) is 2.67. The summed E-state index contributed by atoms with van der Waals surface area (Å²) >= 11 is 0. The van der Waals surface area contributed by atoms with E-state index >= 15 is 0 Å². The summed E-state index contributed by atoms with van der Waals surface area (Å²) < 4.78 is 0. The molecule has 0 spiro atoms. The first kappa shape index (κ1) is 14.1. The fraction of sp³-hybridized carbons (Fsp3) is 0.588. The Labute approximate surface area is 116 Å². The van der Waals surface area contributed by atoms with Crippen molar-refractivity contribution in [2.45, 2.75) is 65.2 Å². The highest BCUT2D eigenvalue weighted by Gasteiger charge is 2.30. The molecule has 2 rings (SSSR count). The predicted molar refractivity (Wildman–Crippen MR) is 80.7 cm³/mol. The number of nitrogens with one attached hydrogen (secondary N) is 1. The van der Waals surface area contributed by atoms with Gasteiger partial charge in [0.2, 0.25) is 5.91 Å². The smallest absolute Gasteiger partial charge is 0.232 e. The van der Waals surface area contributed by atoms with Gasteiger partial charge in [-0.15, -0.1) is 0 Å². The Morgan fingerprint density at radius 1 is 1.11 bits per heavy atom. The zero-order valence-corrected chi connectivity index (χ0v) is 12.4. The maximum absolute atomic E-state index is 12.1. The second-order valence-corrected chi connectivity index (χ2v) is 5.79. The molecule has 1 aliphatic heterocycles. The lowest BCUT2D eigenvalue weighted by Crippen LogP contribution is -2.12. The molecule has 1 unspecified atom stereocenters. The summed E-state index contributed by atoms with van der Waals surface area (Å²) in [6.07, 6.45) is 7.27. The molecule has 0 aromatic heterocycles. The van der Waals surface area contributed by atoms with Crippen LogP contribution in [0.15, 0.2) is 12.1 Å². The molecule has 0 aliphatic carbocycles. The summed E-state index contributed by atoms with van der Waals surface area (Å²) in [5.74, 6) is 0.273. The molecule has 0 radical (unpaired) electrons. The molecular weight excluding hydrogens is 234 g/mol. The zero-order valence-electron chi connectivity index (χ0n) is 12.4. The minimum Gasteiger partial charge on any atom is -0.325 e. The molecule has 1 aromatic rings. The second-order valence-electron chi connectivity index (χ2n) is 5.79. The predicted octanol–water partition coefficient (Wildman–Crippen LogP) is 4.70. The molecule has 0 bridgehead atoms. The topological polar surface area (TPSA) is 29.1 Å². The molecule has 1 aliphatic rings. The Balaban J connectivity index is 2.01. The van der Waals surface area contributed by atoms with Crippen LogP contribution in [0.2, 0.25) is 0 Å². The van der Waals surface area contributed by atoms with Gasteiger partial charge in [-0.1, -0.05) is 56.7 Å². The standard InChI is InChI=1S/C17H25NO/c1-4-5-6-7-8-9-14-15-11-12(2)10-13(3)16(15)18-17(14)19/h10-11,14H,4-9H2,1-3H3,(H,18,19). The minimum atomic E-state index is 0.0789. The van der Waals surface area contributed by atoms with E-state index < -0.39 is 0 Å². The van der Waals surface area contributed by atoms with Gasteiger partial charge in [-0.2, -0.15) is 0 Å². The summed E-state index contributed by atoms with van der Waals surface area (Å²) in [5, 5.41) is 3.06. The number of unbranched alkanes of at least 4 members (excludes halogenated alkanes) is 4. The van der Waals surface area contributed by atoms with Crippen molar-refractivity contribution in [3.8, 4) is 0 Å². The van der Waals surface area contributed by atoms with Crippen molar-refractivity contribution >= 4 is 11.6 Å². The van der Waals surface area contributed by atoms with Gasteiger partial charge < -0.3 is 5.32 Å². The van der Waals surface area contributed by atoms with Crippen molar-refractivity contribution in [3.63, 3.8) is 0 Å². The lowest BCUT2D eigenvalue weighted by atomic mass is 9.92. The maximum Gasteiger partial charge on any atom is 0.232 e. The Morgan fingerprint density at radius 2 is 1.84 bits per heavy atom. The first-order valence-electron chi connectivity index (χ1n) is 7.55. The molecule has 2 heteroatoms. The van der Waals surface area contributed by atoms with Crippen molar-refractivity contribution in [1.82, 2.24) is 0 Å². The van der Waals surface area contributed by atoms with Crippen LogP contribution < -0.4 is 5.32 Å². The largest absolute Gasteiger partial charge is 0.325 e.